The van der Waals surface area contributed by atoms with Crippen LogP contribution in [0.5, 0.6) is 0 Å². The van der Waals surface area contributed by atoms with Crippen molar-refractivity contribution in [2.24, 2.45) is 10.8 Å². The van der Waals surface area contributed by atoms with Crippen LogP contribution < -0.4 is 37.3 Å². The van der Waals surface area contributed by atoms with Gasteiger partial charge in [0.25, 0.3) is 0 Å². The standard InChI is InChI=1S/C20H34N2O.2ClHO4/c1-19(2,3)17-11-15(12-18(23-17)20(4,5)6)16(13-21(7)8)14-22(9)10;2*2-1(3,4)5/h11-14H,1-10H3;2*(H,2,3,4,5)/q+2;;/p-2. The molecule has 0 unspecified atom stereocenters. The van der Waals surface area contributed by atoms with Crippen molar-refractivity contribution in [1.82, 2.24) is 0 Å². The van der Waals surface area contributed by atoms with Gasteiger partial charge in [0.2, 0.25) is 0 Å². The summed E-state index contributed by atoms with van der Waals surface area (Å²) in [5, 5.41) is 0. The monoisotopic (exact) mass is 516 g/mol. The molecule has 0 radical (unpaired) electrons. The van der Waals surface area contributed by atoms with Crippen molar-refractivity contribution < 1.29 is 71.6 Å². The Morgan fingerprint density at radius 3 is 1.09 bits per heavy atom. The molecule has 0 aromatic heterocycles. The number of allylic oxidation sites excluding steroid dienone is 6. The van der Waals surface area contributed by atoms with Crippen molar-refractivity contribution in [1.29, 1.82) is 0 Å². The van der Waals surface area contributed by atoms with Gasteiger partial charge in [-0.3, -0.25) is 0 Å². The molecule has 1 heterocycles. The van der Waals surface area contributed by atoms with Crippen molar-refractivity contribution in [2.75, 3.05) is 28.2 Å². The van der Waals surface area contributed by atoms with Gasteiger partial charge < -0.3 is 4.74 Å². The highest BCUT2D eigenvalue weighted by Gasteiger charge is 2.29. The first kappa shape index (κ1) is 33.8. The smallest absolute Gasteiger partial charge is 0.176 e. The predicted molar refractivity (Wildman–Crippen MR) is 99.5 cm³/mol. The Balaban J connectivity index is 0. The fourth-order valence-corrected chi connectivity index (χ4v) is 2.15. The first-order valence-electron chi connectivity index (χ1n) is 9.43. The lowest BCUT2D eigenvalue weighted by molar-refractivity contribution is -2.00. The van der Waals surface area contributed by atoms with E-state index in [9.17, 15) is 0 Å². The van der Waals surface area contributed by atoms with E-state index in [2.05, 4.69) is 75.3 Å². The summed E-state index contributed by atoms with van der Waals surface area (Å²) in [6.45, 7) is 13.1. The van der Waals surface area contributed by atoms with Crippen molar-refractivity contribution in [2.45, 2.75) is 41.5 Å². The quantitative estimate of drug-likeness (QED) is 0.253. The van der Waals surface area contributed by atoms with Gasteiger partial charge in [-0.1, -0.05) is 41.5 Å². The molecule has 1 aliphatic rings. The number of rotatable bonds is 2. The zero-order chi connectivity index (χ0) is 27.0. The molecule has 0 aromatic rings. The van der Waals surface area contributed by atoms with Crippen molar-refractivity contribution in [3.8, 4) is 0 Å². The summed E-state index contributed by atoms with van der Waals surface area (Å²) in [6, 6.07) is 0. The molecule has 0 fully saturated rings. The zero-order valence-corrected chi connectivity index (χ0v) is 22.1. The van der Waals surface area contributed by atoms with E-state index in [1.54, 1.807) is 0 Å². The van der Waals surface area contributed by atoms with Gasteiger partial charge in [0, 0.05) is 16.4 Å². The topological polar surface area (TPSA) is 200 Å². The molecule has 0 amide bonds. The minimum atomic E-state index is -4.94. The number of halogens is 2. The van der Waals surface area contributed by atoms with Crippen LogP contribution >= 0.6 is 0 Å². The van der Waals surface area contributed by atoms with E-state index in [4.69, 9.17) is 42.0 Å². The van der Waals surface area contributed by atoms with Crippen molar-refractivity contribution >= 4 is 12.4 Å². The second kappa shape index (κ2) is 12.9. The van der Waals surface area contributed by atoms with Crippen LogP contribution in [0.15, 0.2) is 34.8 Å². The Labute approximate surface area is 199 Å². The predicted octanol–water partition coefficient (Wildman–Crippen LogP) is -5.65. The highest BCUT2D eigenvalue weighted by atomic mass is 35.7. The Bertz CT molecular complexity index is 721. The second-order valence-corrected chi connectivity index (χ2v) is 11.0. The summed E-state index contributed by atoms with van der Waals surface area (Å²) in [5.41, 5.74) is 2.30. The summed E-state index contributed by atoms with van der Waals surface area (Å²) in [6.07, 6.45) is 8.64. The maximum absolute atomic E-state index is 8.49. The molecule has 0 bridgehead atoms. The summed E-state index contributed by atoms with van der Waals surface area (Å²) in [4.78, 5) is 0. The van der Waals surface area contributed by atoms with Crippen LogP contribution in [0.3, 0.4) is 0 Å². The number of ether oxygens (including phenoxy) is 1. The Kier molecular flexibility index (Phi) is 13.2. The van der Waals surface area contributed by atoms with Gasteiger partial charge >= 0.3 is 0 Å². The minimum absolute atomic E-state index is 0.0304. The van der Waals surface area contributed by atoms with Gasteiger partial charge in [0.15, 0.2) is 12.4 Å². The minimum Gasteiger partial charge on any atom is -0.465 e. The highest BCUT2D eigenvalue weighted by molar-refractivity contribution is 6.02. The third kappa shape index (κ3) is 20.9. The van der Waals surface area contributed by atoms with Gasteiger partial charge in [0.05, 0.1) is 0 Å². The van der Waals surface area contributed by atoms with Crippen LogP contribution in [0.25, 0.3) is 0 Å². The number of hydrogen-bond acceptors (Lipinski definition) is 9. The van der Waals surface area contributed by atoms with Crippen LogP contribution in [0.4, 0.5) is 0 Å². The second-order valence-electron chi connectivity index (χ2n) is 9.47. The van der Waals surface area contributed by atoms with E-state index in [-0.39, 0.29) is 10.8 Å². The molecule has 0 spiro atoms. The fraction of sp³-hybridized carbons (Fsp3) is 0.600. The van der Waals surface area contributed by atoms with E-state index < -0.39 is 20.5 Å². The average Bonchev–Trinajstić information content (AvgIpc) is 2.48. The molecule has 0 aliphatic carbocycles. The Hall–Kier alpha value is -1.38. The van der Waals surface area contributed by atoms with E-state index in [1.165, 1.54) is 11.1 Å². The first-order chi connectivity index (χ1) is 14.3. The summed E-state index contributed by atoms with van der Waals surface area (Å²) in [5.74, 6) is 2.02. The van der Waals surface area contributed by atoms with Gasteiger partial charge in [-0.2, -0.15) is 0 Å². The average molecular weight is 517 g/mol. The molecule has 13 heteroatoms. The maximum atomic E-state index is 8.49. The molecule has 0 aromatic carbocycles. The Morgan fingerprint density at radius 1 is 0.667 bits per heavy atom. The van der Waals surface area contributed by atoms with Crippen LogP contribution in [-0.4, -0.2) is 49.8 Å². The van der Waals surface area contributed by atoms with Crippen LogP contribution in [-0.2, 0) is 4.74 Å². The normalized spacial score (nSPS) is 14.3. The van der Waals surface area contributed by atoms with Gasteiger partial charge in [-0.25, -0.2) is 46.4 Å². The zero-order valence-electron chi connectivity index (χ0n) is 20.6. The van der Waals surface area contributed by atoms with Crippen molar-refractivity contribution in [3.05, 3.63) is 34.8 Å². The molecule has 11 nitrogen and oxygen atoms in total. The molecule has 0 atom stereocenters. The van der Waals surface area contributed by atoms with Crippen molar-refractivity contribution in [3.63, 3.8) is 0 Å². The van der Waals surface area contributed by atoms with Gasteiger partial charge in [-0.05, 0) is 12.2 Å². The molecular weight excluding hydrogens is 483 g/mol. The maximum Gasteiger partial charge on any atom is 0.176 e. The number of hydrogen-bond donors (Lipinski definition) is 0. The fourth-order valence-electron chi connectivity index (χ4n) is 2.15. The van der Waals surface area contributed by atoms with E-state index >= 15 is 0 Å². The third-order valence-electron chi connectivity index (χ3n) is 3.40. The molecule has 1 aliphatic heterocycles. The van der Waals surface area contributed by atoms with Crippen LogP contribution in [0, 0.1) is 31.3 Å². The largest absolute Gasteiger partial charge is 0.465 e. The van der Waals surface area contributed by atoms with Crippen LogP contribution in [0.1, 0.15) is 41.5 Å². The van der Waals surface area contributed by atoms with Gasteiger partial charge in [0.1, 0.15) is 45.3 Å². The summed E-state index contributed by atoms with van der Waals surface area (Å²) >= 11 is 0. The first-order valence-corrected chi connectivity index (χ1v) is 11.9. The van der Waals surface area contributed by atoms with Crippen LogP contribution in [0.2, 0.25) is 0 Å². The lowest BCUT2D eigenvalue weighted by Gasteiger charge is -2.32. The lowest BCUT2D eigenvalue weighted by Crippen LogP contribution is -2.68. The molecule has 33 heavy (non-hydrogen) atoms. The molecule has 0 saturated heterocycles. The molecule has 0 N–H and O–H groups in total. The lowest BCUT2D eigenvalue weighted by atomic mass is 9.86. The third-order valence-corrected chi connectivity index (χ3v) is 3.40. The summed E-state index contributed by atoms with van der Waals surface area (Å²) in [7, 11) is -1.70. The van der Waals surface area contributed by atoms with E-state index in [0.717, 1.165) is 11.5 Å². The molecule has 1 rings (SSSR count). The number of nitrogens with zero attached hydrogens (tertiary/aromatic N) is 2. The molecule has 0 saturated carbocycles. The highest BCUT2D eigenvalue weighted by Crippen LogP contribution is 2.39. The molecule has 192 valence electrons. The van der Waals surface area contributed by atoms with Gasteiger partial charge in [-0.15, -0.1) is 20.5 Å². The summed E-state index contributed by atoms with van der Waals surface area (Å²) < 4.78 is 78.3. The SMILES string of the molecule is C[N+](C)=CC(C=[N+](C)C)=C1C=C(C(C)(C)C)OC(C(C)(C)C)=C1.[O-][Cl+3]([O-])([O-])[O-].[O-][Cl+3]([O-])([O-])[O-]. The van der Waals surface area contributed by atoms with E-state index in [0.29, 0.717) is 0 Å². The van der Waals surface area contributed by atoms with E-state index in [1.807, 2.05) is 28.2 Å². The molecular formula is C20H34Cl2N2O9. The Morgan fingerprint density at radius 2 is 0.909 bits per heavy atom.